The Morgan fingerprint density at radius 3 is 2.41 bits per heavy atom. The maximum absolute atomic E-state index is 12.3. The summed E-state index contributed by atoms with van der Waals surface area (Å²) in [7, 11) is 0. The van der Waals surface area contributed by atoms with E-state index in [9.17, 15) is 9.59 Å². The van der Waals surface area contributed by atoms with Crippen molar-refractivity contribution in [1.82, 2.24) is 0 Å². The molecule has 0 saturated carbocycles. The molecule has 0 fully saturated rings. The summed E-state index contributed by atoms with van der Waals surface area (Å²) in [5.74, 6) is 6.17. The van der Waals surface area contributed by atoms with Crippen molar-refractivity contribution in [2.45, 2.75) is 51.9 Å². The number of Topliss-reactive ketones (excluding diaryl/α,β-unsaturated/α-hetero) is 1. The second-order valence-corrected chi connectivity index (χ2v) is 5.57. The molecule has 0 atom stereocenters. The third kappa shape index (κ3) is 4.18. The van der Waals surface area contributed by atoms with E-state index < -0.39 is 0 Å². The van der Waals surface area contributed by atoms with Crippen molar-refractivity contribution in [1.29, 1.82) is 0 Å². The van der Waals surface area contributed by atoms with Gasteiger partial charge in [-0.3, -0.25) is 9.59 Å². The molecule has 1 aromatic carbocycles. The van der Waals surface area contributed by atoms with Gasteiger partial charge in [-0.05, 0) is 18.9 Å². The molecule has 0 aliphatic heterocycles. The smallest absolute Gasteiger partial charge is 0.189 e. The first kappa shape index (κ1) is 16.2. The Kier molecular flexibility index (Phi) is 6.15. The van der Waals surface area contributed by atoms with E-state index in [4.69, 9.17) is 0 Å². The number of hydrogen-bond donors (Lipinski definition) is 0. The lowest BCUT2D eigenvalue weighted by molar-refractivity contribution is 0.0981. The minimum absolute atomic E-state index is 0.0278. The van der Waals surface area contributed by atoms with Crippen LogP contribution in [0.25, 0.3) is 0 Å². The van der Waals surface area contributed by atoms with Crippen molar-refractivity contribution < 1.29 is 9.59 Å². The van der Waals surface area contributed by atoms with Crippen LogP contribution in [0.15, 0.2) is 35.9 Å². The molecule has 2 rings (SSSR count). The van der Waals surface area contributed by atoms with Crippen LogP contribution in [0.3, 0.4) is 0 Å². The number of hydrogen-bond acceptors (Lipinski definition) is 2. The average molecular weight is 294 g/mol. The molecule has 0 bridgehead atoms. The Labute approximate surface area is 132 Å². The summed E-state index contributed by atoms with van der Waals surface area (Å²) >= 11 is 0. The van der Waals surface area contributed by atoms with Gasteiger partial charge in [0.25, 0.3) is 0 Å². The molecule has 1 aliphatic carbocycles. The summed E-state index contributed by atoms with van der Waals surface area (Å²) in [4.78, 5) is 24.3. The van der Waals surface area contributed by atoms with E-state index in [2.05, 4.69) is 18.8 Å². The van der Waals surface area contributed by atoms with Crippen LogP contribution >= 0.6 is 0 Å². The SMILES string of the molecule is CCCCCCC#CCCC1=CC(=O)c2ccccc2C1=O. The standard InChI is InChI=1S/C20H22O2/c1-2-3-4-5-6-7-8-9-12-16-15-19(21)17-13-10-11-14-18(17)20(16)22/h10-11,13-15H,2-6,9,12H2,1H3. The van der Waals surface area contributed by atoms with Gasteiger partial charge in [0, 0.05) is 29.5 Å². The fraction of sp³-hybridized carbons (Fsp3) is 0.400. The Bertz CT molecular complexity index is 641. The van der Waals surface area contributed by atoms with Crippen molar-refractivity contribution in [2.75, 3.05) is 0 Å². The summed E-state index contributed by atoms with van der Waals surface area (Å²) in [6.07, 6.45) is 8.49. The van der Waals surface area contributed by atoms with Crippen LogP contribution in [0.2, 0.25) is 0 Å². The van der Waals surface area contributed by atoms with Crippen molar-refractivity contribution in [3.8, 4) is 11.8 Å². The first-order valence-corrected chi connectivity index (χ1v) is 8.08. The van der Waals surface area contributed by atoms with Gasteiger partial charge in [0.15, 0.2) is 11.6 Å². The summed E-state index contributed by atoms with van der Waals surface area (Å²) in [5.41, 5.74) is 1.62. The number of fused-ring (bicyclic) bond motifs is 1. The molecular formula is C20H22O2. The van der Waals surface area contributed by atoms with Crippen LogP contribution in [0.1, 0.15) is 72.6 Å². The fourth-order valence-corrected chi connectivity index (χ4v) is 2.57. The van der Waals surface area contributed by atoms with Gasteiger partial charge in [0.1, 0.15) is 0 Å². The quantitative estimate of drug-likeness (QED) is 0.560. The molecule has 2 nitrogen and oxygen atoms in total. The first-order chi connectivity index (χ1) is 10.7. The van der Waals surface area contributed by atoms with Crippen molar-refractivity contribution in [2.24, 2.45) is 0 Å². The highest BCUT2D eigenvalue weighted by atomic mass is 16.1. The molecule has 2 heteroatoms. The highest BCUT2D eigenvalue weighted by Gasteiger charge is 2.24. The van der Waals surface area contributed by atoms with E-state index in [0.29, 0.717) is 29.5 Å². The molecule has 1 aliphatic rings. The predicted molar refractivity (Wildman–Crippen MR) is 89.0 cm³/mol. The Morgan fingerprint density at radius 1 is 0.909 bits per heavy atom. The summed E-state index contributed by atoms with van der Waals surface area (Å²) < 4.78 is 0. The maximum Gasteiger partial charge on any atom is 0.189 e. The second kappa shape index (κ2) is 8.34. The van der Waals surface area contributed by atoms with Crippen molar-refractivity contribution >= 4 is 11.6 Å². The third-order valence-corrected chi connectivity index (χ3v) is 3.83. The van der Waals surface area contributed by atoms with Crippen LogP contribution in [0, 0.1) is 11.8 Å². The summed E-state index contributed by atoms with van der Waals surface area (Å²) in [6, 6.07) is 7.01. The van der Waals surface area contributed by atoms with E-state index in [1.807, 2.05) is 0 Å². The largest absolute Gasteiger partial charge is 0.289 e. The number of unbranched alkanes of at least 4 members (excludes halogenated alkanes) is 4. The molecule has 0 aromatic heterocycles. The van der Waals surface area contributed by atoms with Crippen LogP contribution in [0.4, 0.5) is 0 Å². The van der Waals surface area contributed by atoms with Crippen LogP contribution in [0.5, 0.6) is 0 Å². The minimum atomic E-state index is -0.0716. The van der Waals surface area contributed by atoms with Gasteiger partial charge >= 0.3 is 0 Å². The van der Waals surface area contributed by atoms with Gasteiger partial charge in [0.05, 0.1) is 0 Å². The summed E-state index contributed by atoms with van der Waals surface area (Å²) in [6.45, 7) is 2.19. The van der Waals surface area contributed by atoms with Crippen molar-refractivity contribution in [3.05, 3.63) is 47.0 Å². The molecular weight excluding hydrogens is 272 g/mol. The normalized spacial score (nSPS) is 13.2. The zero-order valence-electron chi connectivity index (χ0n) is 13.2. The molecule has 0 radical (unpaired) electrons. The number of carbonyl (C=O) groups is 2. The highest BCUT2D eigenvalue weighted by Crippen LogP contribution is 2.23. The number of benzene rings is 1. The van der Waals surface area contributed by atoms with Crippen LogP contribution < -0.4 is 0 Å². The number of ketones is 2. The lowest BCUT2D eigenvalue weighted by Gasteiger charge is -2.13. The molecule has 0 saturated heterocycles. The molecule has 0 N–H and O–H groups in total. The van der Waals surface area contributed by atoms with Gasteiger partial charge in [-0.2, -0.15) is 0 Å². The van der Waals surface area contributed by atoms with Crippen LogP contribution in [-0.4, -0.2) is 11.6 Å². The molecule has 0 spiro atoms. The monoisotopic (exact) mass is 294 g/mol. The van der Waals surface area contributed by atoms with E-state index in [1.165, 1.54) is 25.3 Å². The van der Waals surface area contributed by atoms with Crippen LogP contribution in [-0.2, 0) is 0 Å². The number of carbonyl (C=O) groups excluding carboxylic acids is 2. The van der Waals surface area contributed by atoms with Gasteiger partial charge in [-0.15, -0.1) is 11.8 Å². The first-order valence-electron chi connectivity index (χ1n) is 8.08. The van der Waals surface area contributed by atoms with Gasteiger partial charge < -0.3 is 0 Å². The molecule has 1 aromatic rings. The number of rotatable bonds is 6. The van der Waals surface area contributed by atoms with E-state index in [0.717, 1.165) is 12.8 Å². The van der Waals surface area contributed by atoms with E-state index >= 15 is 0 Å². The summed E-state index contributed by atoms with van der Waals surface area (Å²) in [5, 5.41) is 0. The van der Waals surface area contributed by atoms with Gasteiger partial charge in [0.2, 0.25) is 0 Å². The highest BCUT2D eigenvalue weighted by molar-refractivity contribution is 6.24. The number of allylic oxidation sites excluding steroid dienone is 2. The molecule has 0 amide bonds. The molecule has 0 heterocycles. The van der Waals surface area contributed by atoms with Gasteiger partial charge in [-0.1, -0.05) is 50.5 Å². The minimum Gasteiger partial charge on any atom is -0.289 e. The van der Waals surface area contributed by atoms with Gasteiger partial charge in [-0.25, -0.2) is 0 Å². The van der Waals surface area contributed by atoms with E-state index in [-0.39, 0.29) is 11.6 Å². The second-order valence-electron chi connectivity index (χ2n) is 5.57. The lowest BCUT2D eigenvalue weighted by Crippen LogP contribution is -2.16. The molecule has 0 unspecified atom stereocenters. The third-order valence-electron chi connectivity index (χ3n) is 3.83. The Balaban J connectivity index is 1.86. The Hall–Kier alpha value is -2.14. The molecule has 22 heavy (non-hydrogen) atoms. The van der Waals surface area contributed by atoms with E-state index in [1.54, 1.807) is 24.3 Å². The zero-order valence-corrected chi connectivity index (χ0v) is 13.2. The predicted octanol–water partition coefficient (Wildman–Crippen LogP) is 4.75. The van der Waals surface area contributed by atoms with Crippen molar-refractivity contribution in [3.63, 3.8) is 0 Å². The topological polar surface area (TPSA) is 34.1 Å². The average Bonchev–Trinajstić information content (AvgIpc) is 2.54. The lowest BCUT2D eigenvalue weighted by atomic mass is 9.88. The fourth-order valence-electron chi connectivity index (χ4n) is 2.57. The Morgan fingerprint density at radius 2 is 1.64 bits per heavy atom. The zero-order chi connectivity index (χ0) is 15.8. The maximum atomic E-state index is 12.3. The molecule has 114 valence electrons.